The highest BCUT2D eigenvalue weighted by atomic mass is 16.1. The number of hydrogen-bond donors (Lipinski definition) is 1. The first-order valence-corrected chi connectivity index (χ1v) is 6.64. The molecule has 1 N–H and O–H groups in total. The zero-order valence-corrected chi connectivity index (χ0v) is 11.0. The van der Waals surface area contributed by atoms with Crippen molar-refractivity contribution >= 4 is 12.0 Å². The number of carbonyl (C=O) groups is 1. The third kappa shape index (κ3) is 4.22. The van der Waals surface area contributed by atoms with Gasteiger partial charge < -0.3 is 5.32 Å². The van der Waals surface area contributed by atoms with Gasteiger partial charge in [0.1, 0.15) is 0 Å². The molecule has 0 amide bonds. The van der Waals surface area contributed by atoms with E-state index in [1.807, 2.05) is 12.1 Å². The predicted molar refractivity (Wildman–Crippen MR) is 73.8 cm³/mol. The van der Waals surface area contributed by atoms with Gasteiger partial charge in [-0.3, -0.25) is 4.79 Å². The van der Waals surface area contributed by atoms with Gasteiger partial charge in [0.15, 0.2) is 6.29 Å². The fourth-order valence-corrected chi connectivity index (χ4v) is 1.99. The summed E-state index contributed by atoms with van der Waals surface area (Å²) in [7, 11) is 0. The summed E-state index contributed by atoms with van der Waals surface area (Å²) in [5, 5.41) is 3.41. The number of carbonyl (C=O) groups excluding carboxylic acids is 1. The van der Waals surface area contributed by atoms with Gasteiger partial charge in [0.05, 0.1) is 0 Å². The van der Waals surface area contributed by atoms with Gasteiger partial charge in [-0.05, 0) is 24.5 Å². The largest absolute Gasteiger partial charge is 0.384 e. The van der Waals surface area contributed by atoms with E-state index in [-0.39, 0.29) is 0 Å². The van der Waals surface area contributed by atoms with Crippen LogP contribution in [0, 0.1) is 0 Å². The van der Waals surface area contributed by atoms with Crippen molar-refractivity contribution in [1.82, 2.24) is 0 Å². The molecule has 0 saturated carbocycles. The van der Waals surface area contributed by atoms with Crippen LogP contribution in [-0.2, 0) is 6.42 Å². The van der Waals surface area contributed by atoms with Gasteiger partial charge in [0, 0.05) is 17.8 Å². The minimum atomic E-state index is 0.778. The van der Waals surface area contributed by atoms with Crippen LogP contribution < -0.4 is 5.32 Å². The second kappa shape index (κ2) is 7.88. The number of rotatable bonds is 8. The van der Waals surface area contributed by atoms with E-state index in [1.54, 1.807) is 0 Å². The zero-order valence-electron chi connectivity index (χ0n) is 11.0. The minimum Gasteiger partial charge on any atom is -0.384 e. The molecule has 0 heterocycles. The summed E-state index contributed by atoms with van der Waals surface area (Å²) in [5.41, 5.74) is 3.03. The van der Waals surface area contributed by atoms with Crippen molar-refractivity contribution in [1.29, 1.82) is 0 Å². The SMILES string of the molecule is CCCCCCNc1c(C=O)cccc1CC. The first kappa shape index (κ1) is 13.8. The monoisotopic (exact) mass is 233 g/mol. The van der Waals surface area contributed by atoms with Crippen molar-refractivity contribution in [3.8, 4) is 0 Å². The Morgan fingerprint density at radius 1 is 1.18 bits per heavy atom. The first-order chi connectivity index (χ1) is 8.33. The standard InChI is InChI=1S/C15H23NO/c1-3-5-6-7-11-16-15-13(4-2)9-8-10-14(15)12-17/h8-10,12,16H,3-7,11H2,1-2H3. The maximum absolute atomic E-state index is 11.0. The molecule has 0 bridgehead atoms. The second-order valence-corrected chi connectivity index (χ2v) is 4.34. The maximum Gasteiger partial charge on any atom is 0.152 e. The van der Waals surface area contributed by atoms with E-state index in [4.69, 9.17) is 0 Å². The molecule has 2 nitrogen and oxygen atoms in total. The van der Waals surface area contributed by atoms with E-state index in [9.17, 15) is 4.79 Å². The number of unbranched alkanes of at least 4 members (excludes halogenated alkanes) is 3. The smallest absolute Gasteiger partial charge is 0.152 e. The molecule has 0 radical (unpaired) electrons. The van der Waals surface area contributed by atoms with Gasteiger partial charge in [0.2, 0.25) is 0 Å². The molecule has 0 aliphatic carbocycles. The van der Waals surface area contributed by atoms with Gasteiger partial charge in [-0.25, -0.2) is 0 Å². The predicted octanol–water partition coefficient (Wildman–Crippen LogP) is 4.05. The molecule has 1 rings (SSSR count). The molecule has 0 aliphatic rings. The number of hydrogen-bond acceptors (Lipinski definition) is 2. The lowest BCUT2D eigenvalue weighted by atomic mass is 10.1. The summed E-state index contributed by atoms with van der Waals surface area (Å²) in [4.78, 5) is 11.0. The van der Waals surface area contributed by atoms with E-state index in [0.717, 1.165) is 30.5 Å². The number of aryl methyl sites for hydroxylation is 1. The first-order valence-electron chi connectivity index (χ1n) is 6.64. The number of anilines is 1. The lowest BCUT2D eigenvalue weighted by Crippen LogP contribution is -2.06. The number of benzene rings is 1. The van der Waals surface area contributed by atoms with Crippen LogP contribution in [0.1, 0.15) is 55.5 Å². The van der Waals surface area contributed by atoms with Crippen LogP contribution in [0.15, 0.2) is 18.2 Å². The van der Waals surface area contributed by atoms with Crippen molar-refractivity contribution < 1.29 is 4.79 Å². The van der Waals surface area contributed by atoms with Gasteiger partial charge in [0.25, 0.3) is 0 Å². The molecule has 0 unspecified atom stereocenters. The zero-order chi connectivity index (χ0) is 12.5. The summed E-state index contributed by atoms with van der Waals surface area (Å²) in [6.45, 7) is 5.29. The van der Waals surface area contributed by atoms with E-state index >= 15 is 0 Å². The molecular formula is C15H23NO. The third-order valence-electron chi connectivity index (χ3n) is 3.02. The molecule has 2 heteroatoms. The molecule has 1 aromatic rings. The Morgan fingerprint density at radius 2 is 2.00 bits per heavy atom. The van der Waals surface area contributed by atoms with Crippen LogP contribution in [0.3, 0.4) is 0 Å². The highest BCUT2D eigenvalue weighted by Gasteiger charge is 2.05. The summed E-state index contributed by atoms with van der Waals surface area (Å²) in [6.07, 6.45) is 6.87. The van der Waals surface area contributed by atoms with Gasteiger partial charge >= 0.3 is 0 Å². The Hall–Kier alpha value is -1.31. The van der Waals surface area contributed by atoms with Crippen molar-refractivity contribution in [2.24, 2.45) is 0 Å². The van der Waals surface area contributed by atoms with Gasteiger partial charge in [-0.15, -0.1) is 0 Å². The lowest BCUT2D eigenvalue weighted by molar-refractivity contribution is 0.112. The highest BCUT2D eigenvalue weighted by Crippen LogP contribution is 2.20. The Balaban J connectivity index is 2.58. The van der Waals surface area contributed by atoms with Crippen LogP contribution in [0.2, 0.25) is 0 Å². The summed E-state index contributed by atoms with van der Waals surface area (Å²) in [6, 6.07) is 5.91. The minimum absolute atomic E-state index is 0.778. The molecule has 94 valence electrons. The lowest BCUT2D eigenvalue weighted by Gasteiger charge is -2.13. The molecule has 17 heavy (non-hydrogen) atoms. The molecule has 0 atom stereocenters. The summed E-state index contributed by atoms with van der Waals surface area (Å²) in [5.74, 6) is 0. The fourth-order valence-electron chi connectivity index (χ4n) is 1.99. The maximum atomic E-state index is 11.0. The highest BCUT2D eigenvalue weighted by molar-refractivity contribution is 5.85. The quantitative estimate of drug-likeness (QED) is 0.542. The number of nitrogens with one attached hydrogen (secondary N) is 1. The molecular weight excluding hydrogens is 210 g/mol. The number of aldehydes is 1. The van der Waals surface area contributed by atoms with E-state index in [2.05, 4.69) is 25.2 Å². The Morgan fingerprint density at radius 3 is 2.65 bits per heavy atom. The van der Waals surface area contributed by atoms with E-state index in [1.165, 1.54) is 31.2 Å². The fraction of sp³-hybridized carbons (Fsp3) is 0.533. The molecule has 0 aliphatic heterocycles. The van der Waals surface area contributed by atoms with Crippen LogP contribution in [0.25, 0.3) is 0 Å². The molecule has 0 saturated heterocycles. The Kier molecular flexibility index (Phi) is 6.38. The Labute approximate surface area is 104 Å². The normalized spacial score (nSPS) is 10.2. The molecule has 1 aromatic carbocycles. The van der Waals surface area contributed by atoms with Gasteiger partial charge in [-0.2, -0.15) is 0 Å². The van der Waals surface area contributed by atoms with Crippen molar-refractivity contribution in [3.63, 3.8) is 0 Å². The van der Waals surface area contributed by atoms with Crippen LogP contribution in [-0.4, -0.2) is 12.8 Å². The topological polar surface area (TPSA) is 29.1 Å². The summed E-state index contributed by atoms with van der Waals surface area (Å²) >= 11 is 0. The van der Waals surface area contributed by atoms with Crippen molar-refractivity contribution in [2.75, 3.05) is 11.9 Å². The summed E-state index contributed by atoms with van der Waals surface area (Å²) < 4.78 is 0. The van der Waals surface area contributed by atoms with E-state index in [0.29, 0.717) is 0 Å². The third-order valence-corrected chi connectivity index (χ3v) is 3.02. The molecule has 0 spiro atoms. The van der Waals surface area contributed by atoms with Crippen LogP contribution >= 0.6 is 0 Å². The average molecular weight is 233 g/mol. The van der Waals surface area contributed by atoms with Crippen LogP contribution in [0.5, 0.6) is 0 Å². The van der Waals surface area contributed by atoms with E-state index < -0.39 is 0 Å². The van der Waals surface area contributed by atoms with Crippen molar-refractivity contribution in [3.05, 3.63) is 29.3 Å². The average Bonchev–Trinajstić information content (AvgIpc) is 2.38. The number of para-hydroxylation sites is 1. The molecule has 0 fully saturated rings. The second-order valence-electron chi connectivity index (χ2n) is 4.34. The van der Waals surface area contributed by atoms with Crippen molar-refractivity contribution in [2.45, 2.75) is 46.0 Å². The molecule has 0 aromatic heterocycles. The Bertz CT molecular complexity index is 347. The van der Waals surface area contributed by atoms with Crippen LogP contribution in [0.4, 0.5) is 5.69 Å². The van der Waals surface area contributed by atoms with Gasteiger partial charge in [-0.1, -0.05) is 45.2 Å².